The Morgan fingerprint density at radius 1 is 0.429 bits per heavy atom. The highest BCUT2D eigenvalue weighted by Gasteiger charge is 2.41. The number of rotatable bonds is 6. The second-order valence-corrected chi connectivity index (χ2v) is 15.6. The van der Waals surface area contributed by atoms with E-state index >= 15 is 0 Å². The highest BCUT2D eigenvalue weighted by Crippen LogP contribution is 2.46. The van der Waals surface area contributed by atoms with Crippen molar-refractivity contribution in [2.24, 2.45) is 0 Å². The molecule has 0 aliphatic carbocycles. The van der Waals surface area contributed by atoms with E-state index in [1.807, 2.05) is 11.8 Å². The number of furan rings is 1. The van der Waals surface area contributed by atoms with E-state index in [1.54, 1.807) is 0 Å². The molecule has 4 heterocycles. The molecule has 2 aliphatic heterocycles. The predicted octanol–water partition coefficient (Wildman–Crippen LogP) is 11.8. The van der Waals surface area contributed by atoms with Gasteiger partial charge in [-0.2, -0.15) is 0 Å². The molecule has 6 heteroatoms. The Labute approximate surface area is 328 Å². The molecule has 0 radical (unpaired) electrons. The van der Waals surface area contributed by atoms with Crippen LogP contribution in [0, 0.1) is 0 Å². The van der Waals surface area contributed by atoms with Gasteiger partial charge in [-0.1, -0.05) is 120 Å². The Morgan fingerprint density at radius 3 is 1.64 bits per heavy atom. The molecule has 262 valence electrons. The highest BCUT2D eigenvalue weighted by molar-refractivity contribution is 8.00. The van der Waals surface area contributed by atoms with Crippen LogP contribution in [0.4, 0.5) is 34.1 Å². The van der Waals surface area contributed by atoms with Gasteiger partial charge in [-0.15, -0.1) is 0 Å². The van der Waals surface area contributed by atoms with Crippen molar-refractivity contribution < 1.29 is 4.42 Å². The Hall–Kier alpha value is -6.89. The summed E-state index contributed by atoms with van der Waals surface area (Å²) in [5.41, 5.74) is 15.9. The maximum atomic E-state index is 7.05. The number of hydrogen-bond acceptors (Lipinski definition) is 4. The predicted molar refractivity (Wildman–Crippen MR) is 235 cm³/mol. The molecule has 0 spiro atoms. The quantitative estimate of drug-likeness (QED) is 0.159. The lowest BCUT2D eigenvalue weighted by Crippen LogP contribution is -2.58. The summed E-state index contributed by atoms with van der Waals surface area (Å²) in [5, 5.41) is 2.23. The molecule has 10 aromatic rings. The standard InChI is InChI=1S/C50H32BN3OS/c1-5-16-33(17-6-1)52(34-18-7-2-8-19-34)37-28-29-39-44(31-37)55-50-40-24-15-26-42-48(40)54(49(39)50)43-30-38(32-46-47(43)51(42)41-25-13-14-27-45(41)56-46)53(35-20-9-3-10-21-35)36-22-11-4-12-23-36/h1-32H. The number of anilines is 6. The zero-order chi connectivity index (χ0) is 36.7. The number of fused-ring (bicyclic) bond motifs is 9. The summed E-state index contributed by atoms with van der Waals surface area (Å²) in [7, 11) is 0. The molecule has 0 unspecified atom stereocenters. The zero-order valence-corrected chi connectivity index (χ0v) is 31.0. The first-order valence-electron chi connectivity index (χ1n) is 19.1. The summed E-state index contributed by atoms with van der Waals surface area (Å²) in [6.07, 6.45) is 0. The molecule has 0 bridgehead atoms. The van der Waals surface area contributed by atoms with Crippen LogP contribution in [-0.2, 0) is 0 Å². The molecule has 2 aromatic heterocycles. The molecule has 0 atom stereocenters. The van der Waals surface area contributed by atoms with Crippen LogP contribution in [0.5, 0.6) is 0 Å². The molecule has 0 saturated carbocycles. The van der Waals surface area contributed by atoms with E-state index in [9.17, 15) is 0 Å². The van der Waals surface area contributed by atoms with Crippen LogP contribution in [0.15, 0.2) is 208 Å². The van der Waals surface area contributed by atoms with E-state index in [0.717, 1.165) is 61.6 Å². The molecule has 0 N–H and O–H groups in total. The van der Waals surface area contributed by atoms with Gasteiger partial charge >= 0.3 is 0 Å². The highest BCUT2D eigenvalue weighted by atomic mass is 32.2. The van der Waals surface area contributed by atoms with Gasteiger partial charge in [0.2, 0.25) is 6.71 Å². The van der Waals surface area contributed by atoms with Crippen molar-refractivity contribution in [3.63, 3.8) is 0 Å². The molecule has 56 heavy (non-hydrogen) atoms. The maximum Gasteiger partial charge on any atom is 0.249 e. The third-order valence-electron chi connectivity index (χ3n) is 11.4. The van der Waals surface area contributed by atoms with Crippen molar-refractivity contribution in [3.05, 3.63) is 194 Å². The molecule has 12 rings (SSSR count). The fourth-order valence-corrected chi connectivity index (χ4v) is 10.3. The first kappa shape index (κ1) is 31.5. The van der Waals surface area contributed by atoms with Crippen LogP contribution in [0.3, 0.4) is 0 Å². The van der Waals surface area contributed by atoms with Crippen LogP contribution in [0.25, 0.3) is 38.7 Å². The zero-order valence-electron chi connectivity index (χ0n) is 30.2. The van der Waals surface area contributed by atoms with Crippen molar-refractivity contribution in [1.29, 1.82) is 0 Å². The number of para-hydroxylation sites is 5. The molecule has 4 nitrogen and oxygen atoms in total. The molecule has 8 aromatic carbocycles. The topological polar surface area (TPSA) is 24.6 Å². The van der Waals surface area contributed by atoms with E-state index in [2.05, 4.69) is 208 Å². The summed E-state index contributed by atoms with van der Waals surface area (Å²) >= 11 is 1.88. The Morgan fingerprint density at radius 2 is 1.00 bits per heavy atom. The average molecular weight is 734 g/mol. The van der Waals surface area contributed by atoms with E-state index in [-0.39, 0.29) is 6.71 Å². The van der Waals surface area contributed by atoms with E-state index in [1.165, 1.54) is 37.4 Å². The third-order valence-corrected chi connectivity index (χ3v) is 12.5. The molecule has 0 saturated heterocycles. The Bertz CT molecular complexity index is 3050. The number of nitrogens with zero attached hydrogens (tertiary/aromatic N) is 3. The van der Waals surface area contributed by atoms with Gasteiger partial charge in [0.1, 0.15) is 11.1 Å². The van der Waals surface area contributed by atoms with Crippen molar-refractivity contribution in [2.45, 2.75) is 9.79 Å². The van der Waals surface area contributed by atoms with Crippen LogP contribution < -0.4 is 26.2 Å². The third kappa shape index (κ3) is 4.63. The van der Waals surface area contributed by atoms with E-state index in [0.29, 0.717) is 0 Å². The largest absolute Gasteiger partial charge is 0.454 e. The van der Waals surface area contributed by atoms with Crippen LogP contribution in [-0.4, -0.2) is 11.3 Å². The first-order valence-corrected chi connectivity index (χ1v) is 19.9. The average Bonchev–Trinajstić information content (AvgIpc) is 3.79. The van der Waals surface area contributed by atoms with E-state index in [4.69, 9.17) is 4.42 Å². The maximum absolute atomic E-state index is 7.05. The van der Waals surface area contributed by atoms with Gasteiger partial charge in [0.25, 0.3) is 0 Å². The number of hydrogen-bond donors (Lipinski definition) is 0. The van der Waals surface area contributed by atoms with Crippen molar-refractivity contribution in [3.8, 4) is 5.69 Å². The fraction of sp³-hybridized carbons (Fsp3) is 0. The van der Waals surface area contributed by atoms with Gasteiger partial charge in [-0.05, 0) is 95.9 Å². The fourth-order valence-electron chi connectivity index (χ4n) is 9.09. The summed E-state index contributed by atoms with van der Waals surface area (Å²) in [5.74, 6) is 0. The SMILES string of the molecule is c1ccc(N(c2ccccc2)c2cc3c4c(c2)-n2c5c(cccc5c5oc6cc(N(c7ccccc7)c7ccccc7)ccc6c52)B4c2ccccc2S3)cc1. The molecular formula is C50H32BN3OS. The molecule has 2 aliphatic rings. The van der Waals surface area contributed by atoms with E-state index < -0.39 is 0 Å². The second-order valence-electron chi connectivity index (χ2n) is 14.5. The minimum Gasteiger partial charge on any atom is -0.454 e. The minimum atomic E-state index is 0.103. The van der Waals surface area contributed by atoms with Crippen molar-refractivity contribution in [1.82, 2.24) is 4.57 Å². The monoisotopic (exact) mass is 733 g/mol. The smallest absolute Gasteiger partial charge is 0.249 e. The Balaban J connectivity index is 1.14. The van der Waals surface area contributed by atoms with Crippen LogP contribution >= 0.6 is 11.8 Å². The summed E-state index contributed by atoms with van der Waals surface area (Å²) in [4.78, 5) is 7.26. The molecular weight excluding hydrogens is 701 g/mol. The lowest BCUT2D eigenvalue weighted by atomic mass is 9.35. The van der Waals surface area contributed by atoms with Crippen LogP contribution in [0.1, 0.15) is 0 Å². The first-order chi connectivity index (χ1) is 27.8. The van der Waals surface area contributed by atoms with Crippen molar-refractivity contribution in [2.75, 3.05) is 9.80 Å². The lowest BCUT2D eigenvalue weighted by Gasteiger charge is -2.35. The van der Waals surface area contributed by atoms with Gasteiger partial charge in [0, 0.05) is 66.4 Å². The summed E-state index contributed by atoms with van der Waals surface area (Å²) < 4.78 is 9.56. The van der Waals surface area contributed by atoms with Crippen LogP contribution in [0.2, 0.25) is 0 Å². The normalized spacial score (nSPS) is 12.5. The minimum absolute atomic E-state index is 0.103. The van der Waals surface area contributed by atoms with Gasteiger partial charge in [-0.3, -0.25) is 0 Å². The molecule has 0 fully saturated rings. The number of aromatic nitrogens is 1. The second kappa shape index (κ2) is 12.3. The van der Waals surface area contributed by atoms with Gasteiger partial charge < -0.3 is 18.8 Å². The van der Waals surface area contributed by atoms with Gasteiger partial charge in [0.05, 0.1) is 5.52 Å². The van der Waals surface area contributed by atoms with Gasteiger partial charge in [-0.25, -0.2) is 0 Å². The number of benzene rings is 8. The Kier molecular flexibility index (Phi) is 6.92. The molecule has 0 amide bonds. The van der Waals surface area contributed by atoms with Gasteiger partial charge in [0.15, 0.2) is 5.58 Å². The summed E-state index contributed by atoms with van der Waals surface area (Å²) in [6.45, 7) is 0.103. The summed E-state index contributed by atoms with van der Waals surface area (Å²) in [6, 6.07) is 69.7. The lowest BCUT2D eigenvalue weighted by molar-refractivity contribution is 0.673. The van der Waals surface area contributed by atoms with Crippen molar-refractivity contribution >= 4 is 102 Å².